The van der Waals surface area contributed by atoms with Gasteiger partial charge in [-0.1, -0.05) is 61.3 Å². The van der Waals surface area contributed by atoms with Crippen molar-refractivity contribution >= 4 is 41.0 Å². The van der Waals surface area contributed by atoms with Crippen LogP contribution in [0.15, 0.2) is 48.5 Å². The Bertz CT molecular complexity index is 1280. The van der Waals surface area contributed by atoms with Gasteiger partial charge in [0.05, 0.1) is 11.8 Å². The number of carboxylic acid groups (broad SMARTS) is 1. The molecule has 0 bridgehead atoms. The van der Waals surface area contributed by atoms with Crippen molar-refractivity contribution in [2.45, 2.75) is 64.0 Å². The zero-order valence-corrected chi connectivity index (χ0v) is 25.2. The van der Waals surface area contributed by atoms with Crippen LogP contribution in [0.5, 0.6) is 0 Å². The number of hydrogen-bond acceptors (Lipinski definition) is 4. The molecule has 5 atom stereocenters. The van der Waals surface area contributed by atoms with E-state index in [9.17, 15) is 19.5 Å². The smallest absolute Gasteiger partial charge is 0.304 e. The van der Waals surface area contributed by atoms with Gasteiger partial charge >= 0.3 is 5.97 Å². The molecule has 3 aliphatic rings. The van der Waals surface area contributed by atoms with E-state index in [0.29, 0.717) is 35.5 Å². The second kappa shape index (κ2) is 12.3. The predicted molar refractivity (Wildman–Crippen MR) is 160 cm³/mol. The number of piperazine rings is 1. The molecule has 2 aromatic rings. The van der Waals surface area contributed by atoms with Crippen molar-refractivity contribution < 1.29 is 19.5 Å². The van der Waals surface area contributed by atoms with Crippen LogP contribution in [0.1, 0.15) is 69.0 Å². The van der Waals surface area contributed by atoms with E-state index in [1.165, 1.54) is 0 Å². The van der Waals surface area contributed by atoms with Gasteiger partial charge in [-0.15, -0.1) is 0 Å². The molecule has 3 fully saturated rings. The summed E-state index contributed by atoms with van der Waals surface area (Å²) in [4.78, 5) is 42.2. The Morgan fingerprint density at radius 2 is 1.73 bits per heavy atom. The Morgan fingerprint density at radius 1 is 1.05 bits per heavy atom. The van der Waals surface area contributed by atoms with Crippen LogP contribution in [-0.4, -0.2) is 64.9 Å². The second-order valence-electron chi connectivity index (χ2n) is 12.4. The lowest BCUT2D eigenvalue weighted by Gasteiger charge is -2.46. The molecule has 41 heavy (non-hydrogen) atoms. The van der Waals surface area contributed by atoms with Gasteiger partial charge < -0.3 is 15.3 Å². The number of halogens is 2. The second-order valence-corrected chi connectivity index (χ2v) is 13.3. The van der Waals surface area contributed by atoms with Crippen LogP contribution in [0.3, 0.4) is 0 Å². The summed E-state index contributed by atoms with van der Waals surface area (Å²) < 4.78 is 0. The molecular formula is C32H39Cl2N3O4. The largest absolute Gasteiger partial charge is 0.481 e. The average Bonchev–Trinajstić information content (AvgIpc) is 3.79. The Morgan fingerprint density at radius 3 is 2.34 bits per heavy atom. The molecule has 2 amide bonds. The summed E-state index contributed by atoms with van der Waals surface area (Å²) in [6, 6.07) is 15.5. The molecule has 5 rings (SSSR count). The van der Waals surface area contributed by atoms with Gasteiger partial charge in [0, 0.05) is 60.1 Å². The van der Waals surface area contributed by atoms with E-state index in [1.54, 1.807) is 6.92 Å². The first kappa shape index (κ1) is 29.9. The van der Waals surface area contributed by atoms with Crippen molar-refractivity contribution in [3.05, 3.63) is 69.7 Å². The third-order valence-corrected chi connectivity index (χ3v) is 9.71. The number of carbonyl (C=O) groups is 3. The fraction of sp³-hybridized carbons (Fsp3) is 0.531. The zero-order chi connectivity index (χ0) is 29.3. The molecule has 1 aliphatic carbocycles. The van der Waals surface area contributed by atoms with Gasteiger partial charge in [-0.25, -0.2) is 0 Å². The molecule has 2 heterocycles. The molecule has 7 nitrogen and oxygen atoms in total. The number of amides is 2. The highest BCUT2D eigenvalue weighted by Crippen LogP contribution is 2.45. The van der Waals surface area contributed by atoms with Crippen molar-refractivity contribution in [1.29, 1.82) is 0 Å². The minimum absolute atomic E-state index is 0.0594. The van der Waals surface area contributed by atoms with E-state index >= 15 is 0 Å². The van der Waals surface area contributed by atoms with Crippen LogP contribution in [0.2, 0.25) is 10.0 Å². The molecule has 2 N–H and O–H groups in total. The van der Waals surface area contributed by atoms with Gasteiger partial charge in [-0.2, -0.15) is 0 Å². The summed E-state index contributed by atoms with van der Waals surface area (Å²) in [5.74, 6) is -0.723. The number of benzene rings is 2. The quantitative estimate of drug-likeness (QED) is 0.382. The first-order chi connectivity index (χ1) is 19.5. The van der Waals surface area contributed by atoms with E-state index in [4.69, 9.17) is 23.2 Å². The van der Waals surface area contributed by atoms with Crippen LogP contribution >= 0.6 is 23.2 Å². The van der Waals surface area contributed by atoms with Gasteiger partial charge in [0.25, 0.3) is 0 Å². The van der Waals surface area contributed by atoms with Gasteiger partial charge in [0.15, 0.2) is 0 Å². The molecule has 2 aliphatic heterocycles. The van der Waals surface area contributed by atoms with Gasteiger partial charge in [0.2, 0.25) is 11.8 Å². The molecule has 1 unspecified atom stereocenters. The number of nitrogens with zero attached hydrogens (tertiary/aromatic N) is 2. The van der Waals surface area contributed by atoms with Gasteiger partial charge in [-0.3, -0.25) is 19.3 Å². The predicted octanol–water partition coefficient (Wildman–Crippen LogP) is 5.77. The van der Waals surface area contributed by atoms with E-state index in [2.05, 4.69) is 29.3 Å². The van der Waals surface area contributed by atoms with Crippen molar-refractivity contribution in [2.24, 2.45) is 17.3 Å². The molecule has 2 saturated heterocycles. The molecule has 0 aromatic heterocycles. The van der Waals surface area contributed by atoms with Crippen molar-refractivity contribution in [1.82, 2.24) is 15.1 Å². The van der Waals surface area contributed by atoms with Gasteiger partial charge in [-0.05, 0) is 67.0 Å². The number of aliphatic carboxylic acids is 1. The highest BCUT2D eigenvalue weighted by molar-refractivity contribution is 6.30. The molecule has 220 valence electrons. The lowest BCUT2D eigenvalue weighted by molar-refractivity contribution is -0.147. The highest BCUT2D eigenvalue weighted by Gasteiger charge is 2.47. The maximum atomic E-state index is 13.4. The van der Waals surface area contributed by atoms with Crippen molar-refractivity contribution in [3.8, 4) is 0 Å². The van der Waals surface area contributed by atoms with E-state index < -0.39 is 11.4 Å². The fourth-order valence-corrected chi connectivity index (χ4v) is 7.07. The summed E-state index contributed by atoms with van der Waals surface area (Å²) in [6.07, 6.45) is 2.99. The Kier molecular flexibility index (Phi) is 8.98. The molecule has 0 radical (unpaired) electrons. The third kappa shape index (κ3) is 6.90. The van der Waals surface area contributed by atoms with Crippen molar-refractivity contribution in [2.75, 3.05) is 26.2 Å². The highest BCUT2D eigenvalue weighted by atomic mass is 35.5. The number of rotatable bonds is 9. The lowest BCUT2D eigenvalue weighted by atomic mass is 9.67. The minimum Gasteiger partial charge on any atom is -0.481 e. The monoisotopic (exact) mass is 599 g/mol. The summed E-state index contributed by atoms with van der Waals surface area (Å²) in [6.45, 7) is 6.90. The maximum absolute atomic E-state index is 13.4. The number of piperidine rings is 1. The Hall–Kier alpha value is -2.61. The van der Waals surface area contributed by atoms with Crippen LogP contribution in [-0.2, 0) is 14.4 Å². The maximum Gasteiger partial charge on any atom is 0.304 e. The Balaban J connectivity index is 1.40. The average molecular weight is 601 g/mol. The number of carboxylic acids is 1. The molecule has 1 saturated carbocycles. The van der Waals surface area contributed by atoms with Crippen LogP contribution in [0, 0.1) is 17.3 Å². The Labute approximate surface area is 252 Å². The molecule has 2 aromatic carbocycles. The van der Waals surface area contributed by atoms with Crippen molar-refractivity contribution in [3.63, 3.8) is 0 Å². The van der Waals surface area contributed by atoms with E-state index in [1.807, 2.05) is 41.3 Å². The molecule has 0 spiro atoms. The molecular weight excluding hydrogens is 561 g/mol. The zero-order valence-electron chi connectivity index (χ0n) is 23.7. The first-order valence-corrected chi connectivity index (χ1v) is 15.4. The number of hydrogen-bond donors (Lipinski definition) is 2. The van der Waals surface area contributed by atoms with Gasteiger partial charge in [0.1, 0.15) is 0 Å². The summed E-state index contributed by atoms with van der Waals surface area (Å²) in [5.41, 5.74) is 1.14. The lowest BCUT2D eigenvalue weighted by Crippen LogP contribution is -2.56. The van der Waals surface area contributed by atoms with E-state index in [0.717, 1.165) is 43.5 Å². The first-order valence-electron chi connectivity index (χ1n) is 14.6. The number of nitrogens with one attached hydrogen (secondary N) is 1. The number of carbonyl (C=O) groups excluding carboxylic acids is 2. The SMILES string of the molecule is CC(C[C@@H](c1ccc(Cl)cc1)N1CCN(C(=O)C2CC2)CC1)[C@@H]1NC(=O)[C@](C)(CC(=O)O)C[C@@H]1c1cccc(Cl)c1. The summed E-state index contributed by atoms with van der Waals surface area (Å²) >= 11 is 12.6. The summed E-state index contributed by atoms with van der Waals surface area (Å²) in [5, 5.41) is 14.1. The van der Waals surface area contributed by atoms with Crippen LogP contribution < -0.4 is 5.32 Å². The fourth-order valence-electron chi connectivity index (χ4n) is 6.74. The standard InChI is InChI=1S/C32H39Cl2N3O4/c1-20(29-26(23-4-3-5-25(34)17-23)18-32(2,19-28(38)39)31(41)35-29)16-27(21-8-10-24(33)11-9-21)36-12-14-37(15-13-36)30(40)22-6-7-22/h3-5,8-11,17,20,22,26-27,29H,6-7,12-16,18-19H2,1-2H3,(H,35,41)(H,38,39)/t20?,26-,27+,29+,32+/m1/s1. The van der Waals surface area contributed by atoms with E-state index in [-0.39, 0.29) is 42.2 Å². The normalized spacial score (nSPS) is 26.7. The third-order valence-electron chi connectivity index (χ3n) is 9.22. The topological polar surface area (TPSA) is 90.0 Å². The molecule has 9 heteroatoms. The van der Waals surface area contributed by atoms with Crippen LogP contribution in [0.4, 0.5) is 0 Å². The van der Waals surface area contributed by atoms with Crippen LogP contribution in [0.25, 0.3) is 0 Å². The minimum atomic E-state index is -1.02. The summed E-state index contributed by atoms with van der Waals surface area (Å²) in [7, 11) is 0.